The average molecular weight is 720 g/mol. The van der Waals surface area contributed by atoms with Crippen LogP contribution < -0.4 is 5.73 Å². The number of rotatable bonds is 6. The molecular weight excluding hydrogens is 683 g/mol. The first-order chi connectivity index (χ1) is 21.2. The Kier molecular flexibility index (Phi) is 15.8. The summed E-state index contributed by atoms with van der Waals surface area (Å²) in [5, 5.41) is 30.7. The first kappa shape index (κ1) is 38.6. The second kappa shape index (κ2) is 18.5. The quantitative estimate of drug-likeness (QED) is 0.384. The summed E-state index contributed by atoms with van der Waals surface area (Å²) in [6.07, 6.45) is 5.13. The molecular formula is C26H37N7O7S5. The highest BCUT2D eigenvalue weighted by molar-refractivity contribution is 8.01. The lowest BCUT2D eigenvalue weighted by Crippen LogP contribution is -2.38. The number of aromatic amines is 1. The summed E-state index contributed by atoms with van der Waals surface area (Å²) in [5.74, 6) is 7.34. The molecule has 6 rings (SSSR count). The summed E-state index contributed by atoms with van der Waals surface area (Å²) >= 11 is 3.80. The van der Waals surface area contributed by atoms with Crippen LogP contribution in [-0.4, -0.2) is 104 Å². The largest absolute Gasteiger partial charge is 0.370 e. The number of H-pyrrole nitrogens is 1. The molecule has 5 fully saturated rings. The predicted octanol–water partition coefficient (Wildman–Crippen LogP) is 0.689. The van der Waals surface area contributed by atoms with Crippen molar-refractivity contribution in [2.24, 2.45) is 29.4 Å². The number of nitriles is 3. The smallest absolute Gasteiger partial charge is 0.217 e. The van der Waals surface area contributed by atoms with Crippen molar-refractivity contribution in [3.63, 3.8) is 0 Å². The Morgan fingerprint density at radius 1 is 0.844 bits per heavy atom. The molecule has 3 N–H and O–H groups in total. The van der Waals surface area contributed by atoms with Gasteiger partial charge in [0.1, 0.15) is 12.2 Å². The molecule has 0 bridgehead atoms. The van der Waals surface area contributed by atoms with Gasteiger partial charge in [-0.25, -0.2) is 30.2 Å². The zero-order valence-corrected chi connectivity index (χ0v) is 28.7. The van der Waals surface area contributed by atoms with Gasteiger partial charge in [0.15, 0.2) is 29.5 Å². The van der Waals surface area contributed by atoms with Crippen LogP contribution in [0.5, 0.6) is 0 Å². The van der Waals surface area contributed by atoms with Crippen molar-refractivity contribution in [1.29, 1.82) is 15.8 Å². The predicted molar refractivity (Wildman–Crippen MR) is 173 cm³/mol. The standard InChI is InChI=1S/C6H9N3O2S.C5H9NO3S.C5H7NO2S.C5H7NS.C5H5NS/c10-12(11)2-5(3-12)1-6-7-4-8-9-6;6-5(7)1-4-2-10(8,9)3-4;6-2-1-5-3-9(7,8)4-5;2*6-2-1-5-3-7-4-5/h4-5H,1-3H2,(H,7,8,9);4H,1-3H2,(H2,6,7);5H,1,3-4H2;5H,1,3-4H2;1H,3-4H2. The van der Waals surface area contributed by atoms with Gasteiger partial charge in [0, 0.05) is 43.3 Å². The summed E-state index contributed by atoms with van der Waals surface area (Å²) in [5.41, 5.74) is 6.14. The van der Waals surface area contributed by atoms with Crippen molar-refractivity contribution in [2.45, 2.75) is 25.7 Å². The van der Waals surface area contributed by atoms with Gasteiger partial charge in [-0.15, -0.1) is 0 Å². The van der Waals surface area contributed by atoms with Crippen LogP contribution in [0.4, 0.5) is 0 Å². The SMILES string of the molecule is N#CC=C1CSC1.N#CCC1CS(=O)(=O)C1.N#CCC1CSC1.NC(=O)CC1CS(=O)(=O)C1.O=S1(=O)CC(Cc2ncn[nH]2)C1. The lowest BCUT2D eigenvalue weighted by Gasteiger charge is -2.24. The summed E-state index contributed by atoms with van der Waals surface area (Å²) in [6.45, 7) is 0. The Morgan fingerprint density at radius 2 is 1.36 bits per heavy atom. The van der Waals surface area contributed by atoms with E-state index in [0.29, 0.717) is 24.3 Å². The first-order valence-electron chi connectivity index (χ1n) is 13.9. The number of aromatic nitrogens is 3. The molecule has 0 aromatic carbocycles. The van der Waals surface area contributed by atoms with Gasteiger partial charge >= 0.3 is 0 Å². The highest BCUT2D eigenvalue weighted by Crippen LogP contribution is 2.26. The number of sulfone groups is 3. The van der Waals surface area contributed by atoms with E-state index in [2.05, 4.69) is 21.3 Å². The minimum absolute atomic E-state index is 0.0116. The van der Waals surface area contributed by atoms with Crippen molar-refractivity contribution in [3.8, 4) is 18.2 Å². The third kappa shape index (κ3) is 16.0. The molecule has 0 saturated carbocycles. The number of amides is 1. The van der Waals surface area contributed by atoms with Gasteiger partial charge in [0.25, 0.3) is 0 Å². The van der Waals surface area contributed by atoms with E-state index in [0.717, 1.165) is 29.7 Å². The molecule has 5 aliphatic heterocycles. The molecule has 0 spiro atoms. The maximum atomic E-state index is 10.8. The molecule has 248 valence electrons. The molecule has 1 aromatic heterocycles. The molecule has 1 aromatic rings. The fourth-order valence-corrected chi connectivity index (χ4v) is 10.4. The van der Waals surface area contributed by atoms with Gasteiger partial charge < -0.3 is 5.73 Å². The molecule has 19 heteroatoms. The second-order valence-corrected chi connectivity index (χ2v) is 19.7. The van der Waals surface area contributed by atoms with Gasteiger partial charge in [-0.1, -0.05) is 0 Å². The van der Waals surface area contributed by atoms with E-state index in [1.165, 1.54) is 23.4 Å². The Balaban J connectivity index is 0.000000199. The lowest BCUT2D eigenvalue weighted by molar-refractivity contribution is -0.118. The van der Waals surface area contributed by atoms with Gasteiger partial charge in [0.05, 0.1) is 52.7 Å². The van der Waals surface area contributed by atoms with Crippen LogP contribution in [0.25, 0.3) is 0 Å². The van der Waals surface area contributed by atoms with Crippen LogP contribution in [0, 0.1) is 57.7 Å². The van der Waals surface area contributed by atoms with Crippen molar-refractivity contribution in [1.82, 2.24) is 15.2 Å². The zero-order chi connectivity index (χ0) is 33.5. The molecule has 5 aliphatic rings. The van der Waals surface area contributed by atoms with E-state index in [1.807, 2.05) is 35.7 Å². The van der Waals surface area contributed by atoms with Gasteiger partial charge in [-0.3, -0.25) is 9.89 Å². The number of hydrogen-bond acceptors (Lipinski definition) is 14. The van der Waals surface area contributed by atoms with E-state index in [9.17, 15) is 30.0 Å². The van der Waals surface area contributed by atoms with Crippen LogP contribution in [0.2, 0.25) is 0 Å². The van der Waals surface area contributed by atoms with Crippen molar-refractivity contribution in [2.75, 3.05) is 57.5 Å². The van der Waals surface area contributed by atoms with E-state index in [-0.39, 0.29) is 47.2 Å². The number of thioether (sulfide) groups is 2. The summed E-state index contributed by atoms with van der Waals surface area (Å²) in [7, 11) is -8.18. The van der Waals surface area contributed by atoms with Crippen LogP contribution in [-0.2, 0) is 40.7 Å². The maximum Gasteiger partial charge on any atom is 0.217 e. The van der Waals surface area contributed by atoms with Crippen LogP contribution in [0.15, 0.2) is 18.0 Å². The van der Waals surface area contributed by atoms with Gasteiger partial charge in [-0.2, -0.15) is 44.4 Å². The number of nitrogens with two attached hydrogens (primary N) is 1. The lowest BCUT2D eigenvalue weighted by atomic mass is 10.1. The third-order valence-corrected chi connectivity index (χ3v) is 15.1. The van der Waals surface area contributed by atoms with E-state index in [4.69, 9.17) is 21.5 Å². The monoisotopic (exact) mass is 719 g/mol. The number of allylic oxidation sites excluding steroid dienone is 1. The summed E-state index contributed by atoms with van der Waals surface area (Å²) < 4.78 is 63.5. The van der Waals surface area contributed by atoms with Crippen LogP contribution >= 0.6 is 23.5 Å². The maximum absolute atomic E-state index is 10.8. The van der Waals surface area contributed by atoms with Crippen LogP contribution in [0.3, 0.4) is 0 Å². The first-order valence-corrected chi connectivity index (χ1v) is 21.6. The highest BCUT2D eigenvalue weighted by Gasteiger charge is 2.35. The molecule has 5 saturated heterocycles. The van der Waals surface area contributed by atoms with Crippen molar-refractivity contribution in [3.05, 3.63) is 23.8 Å². The molecule has 0 aliphatic carbocycles. The minimum atomic E-state index is -2.78. The molecule has 6 heterocycles. The Bertz CT molecular complexity index is 1560. The molecule has 0 atom stereocenters. The van der Waals surface area contributed by atoms with Gasteiger partial charge in [-0.05, 0) is 40.8 Å². The Hall–Kier alpha value is -2.63. The fraction of sp³-hybridized carbons (Fsp3) is 0.692. The molecule has 45 heavy (non-hydrogen) atoms. The van der Waals surface area contributed by atoms with Crippen molar-refractivity contribution >= 4 is 58.9 Å². The zero-order valence-electron chi connectivity index (χ0n) is 24.6. The normalized spacial score (nSPS) is 21.8. The minimum Gasteiger partial charge on any atom is -0.370 e. The van der Waals surface area contributed by atoms with E-state index in [1.54, 1.807) is 6.08 Å². The summed E-state index contributed by atoms with van der Waals surface area (Å²) in [4.78, 5) is 14.2. The Morgan fingerprint density at radius 3 is 1.67 bits per heavy atom. The second-order valence-electron chi connectivity index (χ2n) is 11.2. The number of primary amides is 1. The molecule has 14 nitrogen and oxygen atoms in total. The number of nitrogens with one attached hydrogen (secondary N) is 1. The third-order valence-electron chi connectivity index (χ3n) is 6.69. The van der Waals surface area contributed by atoms with E-state index < -0.39 is 35.4 Å². The van der Waals surface area contributed by atoms with Crippen LogP contribution in [0.1, 0.15) is 25.1 Å². The Labute approximate surface area is 273 Å². The topological polar surface area (TPSA) is 258 Å². The van der Waals surface area contributed by atoms with E-state index >= 15 is 0 Å². The fourth-order valence-electron chi connectivity index (χ4n) is 4.30. The molecule has 0 radical (unpaired) electrons. The van der Waals surface area contributed by atoms with Gasteiger partial charge in [0.2, 0.25) is 5.91 Å². The number of carbonyl (C=O) groups is 1. The average Bonchev–Trinajstić information content (AvgIpc) is 3.35. The number of hydrogen-bond donors (Lipinski definition) is 2. The molecule has 0 unspecified atom stereocenters. The molecule has 1 amide bonds. The number of carbonyl (C=O) groups excluding carboxylic acids is 1. The number of nitrogens with zero attached hydrogens (tertiary/aromatic N) is 5. The highest BCUT2D eigenvalue weighted by atomic mass is 32.2. The summed E-state index contributed by atoms with van der Waals surface area (Å²) in [6, 6.07) is 6.09. The van der Waals surface area contributed by atoms with Crippen molar-refractivity contribution < 1.29 is 30.0 Å².